The van der Waals surface area contributed by atoms with Gasteiger partial charge >= 0.3 is 0 Å². The minimum atomic E-state index is 0.212. The summed E-state index contributed by atoms with van der Waals surface area (Å²) in [6.45, 7) is 0.839. The topological polar surface area (TPSA) is 20.3 Å². The van der Waals surface area contributed by atoms with E-state index in [1.807, 2.05) is 29.2 Å². The Morgan fingerprint density at radius 2 is 1.91 bits per heavy atom. The third-order valence-electron chi connectivity index (χ3n) is 3.85. The van der Waals surface area contributed by atoms with Crippen molar-refractivity contribution >= 4 is 39.3 Å². The number of carbonyl (C=O) groups is 1. The van der Waals surface area contributed by atoms with Crippen molar-refractivity contribution in [2.75, 3.05) is 17.2 Å². The van der Waals surface area contributed by atoms with Crippen LogP contribution in [0.5, 0.6) is 0 Å². The number of hydrogen-bond acceptors (Lipinski definition) is 2. The summed E-state index contributed by atoms with van der Waals surface area (Å²) >= 11 is 5.23. The normalized spacial score (nSPS) is 13.8. The van der Waals surface area contributed by atoms with Gasteiger partial charge in [0.05, 0.1) is 5.75 Å². The Morgan fingerprint density at radius 3 is 2.77 bits per heavy atom. The number of halogens is 1. The Hall–Kier alpha value is -1.26. The van der Waals surface area contributed by atoms with E-state index >= 15 is 0 Å². The van der Waals surface area contributed by atoms with Crippen LogP contribution in [-0.2, 0) is 17.0 Å². The van der Waals surface area contributed by atoms with Gasteiger partial charge in [0.2, 0.25) is 5.91 Å². The molecular formula is C18H18BrNOS. The maximum absolute atomic E-state index is 12.5. The van der Waals surface area contributed by atoms with Gasteiger partial charge in [0.25, 0.3) is 0 Å². The first-order valence-electron chi connectivity index (χ1n) is 7.45. The quantitative estimate of drug-likeness (QED) is 0.774. The first kappa shape index (κ1) is 15.6. The van der Waals surface area contributed by atoms with Crippen LogP contribution >= 0.6 is 27.7 Å². The second kappa shape index (κ2) is 7.34. The third kappa shape index (κ3) is 3.55. The summed E-state index contributed by atoms with van der Waals surface area (Å²) < 4.78 is 1.11. The predicted octanol–water partition coefficient (Wildman–Crippen LogP) is 4.66. The molecule has 3 rings (SSSR count). The first-order valence-corrected chi connectivity index (χ1v) is 9.40. The maximum atomic E-state index is 12.5. The van der Waals surface area contributed by atoms with Crippen LogP contribution in [0.4, 0.5) is 5.69 Å². The van der Waals surface area contributed by atoms with Crippen molar-refractivity contribution in [1.82, 2.24) is 0 Å². The molecule has 114 valence electrons. The summed E-state index contributed by atoms with van der Waals surface area (Å²) in [4.78, 5) is 14.5. The number of anilines is 1. The van der Waals surface area contributed by atoms with Gasteiger partial charge in [-0.15, -0.1) is 11.8 Å². The van der Waals surface area contributed by atoms with Gasteiger partial charge in [-0.25, -0.2) is 0 Å². The lowest BCUT2D eigenvalue weighted by atomic mass is 10.0. The zero-order chi connectivity index (χ0) is 15.4. The lowest BCUT2D eigenvalue weighted by Gasteiger charge is -2.29. The molecule has 0 aromatic heterocycles. The van der Waals surface area contributed by atoms with E-state index in [1.165, 1.54) is 11.1 Å². The van der Waals surface area contributed by atoms with E-state index < -0.39 is 0 Å². The zero-order valence-corrected chi connectivity index (χ0v) is 14.7. The second-order valence-corrected chi connectivity index (χ2v) is 7.20. The highest BCUT2D eigenvalue weighted by atomic mass is 79.9. The fraction of sp³-hybridized carbons (Fsp3) is 0.278. The Labute approximate surface area is 144 Å². The van der Waals surface area contributed by atoms with Crippen molar-refractivity contribution in [3.63, 3.8) is 0 Å². The molecule has 0 N–H and O–H groups in total. The van der Waals surface area contributed by atoms with Crippen LogP contribution in [0.25, 0.3) is 0 Å². The van der Waals surface area contributed by atoms with Gasteiger partial charge in [-0.05, 0) is 36.1 Å². The number of nitrogens with zero attached hydrogens (tertiary/aromatic N) is 1. The van der Waals surface area contributed by atoms with Crippen molar-refractivity contribution in [3.8, 4) is 0 Å². The largest absolute Gasteiger partial charge is 0.311 e. The molecule has 2 nitrogen and oxygen atoms in total. The molecule has 0 bridgehead atoms. The molecule has 4 heteroatoms. The van der Waals surface area contributed by atoms with E-state index in [-0.39, 0.29) is 5.91 Å². The Bertz CT molecular complexity index is 674. The standard InChI is InChI=1S/C18H18BrNOS/c19-16-9-3-1-7-15(16)12-22-13-18(21)20-11-5-8-14-6-2-4-10-17(14)20/h1-4,6-7,9-10H,5,8,11-13H2. The molecule has 0 radical (unpaired) electrons. The van der Waals surface area contributed by atoms with E-state index in [0.717, 1.165) is 35.3 Å². The molecule has 0 saturated heterocycles. The number of aryl methyl sites for hydroxylation is 1. The summed E-state index contributed by atoms with van der Waals surface area (Å²) in [5.74, 6) is 1.59. The van der Waals surface area contributed by atoms with Crippen LogP contribution < -0.4 is 4.90 Å². The third-order valence-corrected chi connectivity index (χ3v) is 5.59. The average molecular weight is 376 g/mol. The van der Waals surface area contributed by atoms with Crippen LogP contribution in [0, 0.1) is 0 Å². The predicted molar refractivity (Wildman–Crippen MR) is 97.4 cm³/mol. The molecule has 1 aliphatic heterocycles. The van der Waals surface area contributed by atoms with Crippen molar-refractivity contribution in [3.05, 3.63) is 64.1 Å². The summed E-state index contributed by atoms with van der Waals surface area (Å²) in [6.07, 6.45) is 2.13. The SMILES string of the molecule is O=C(CSCc1ccccc1Br)N1CCCc2ccccc21. The van der Waals surface area contributed by atoms with Crippen LogP contribution in [0.15, 0.2) is 53.0 Å². The van der Waals surface area contributed by atoms with Gasteiger partial charge < -0.3 is 4.90 Å². The average Bonchev–Trinajstić information content (AvgIpc) is 2.56. The number of carbonyl (C=O) groups excluding carboxylic acids is 1. The van der Waals surface area contributed by atoms with E-state index in [4.69, 9.17) is 0 Å². The lowest BCUT2D eigenvalue weighted by Crippen LogP contribution is -2.36. The summed E-state index contributed by atoms with van der Waals surface area (Å²) in [6, 6.07) is 16.4. The molecular weight excluding hydrogens is 358 g/mol. The van der Waals surface area contributed by atoms with E-state index in [1.54, 1.807) is 11.8 Å². The fourth-order valence-corrected chi connectivity index (χ4v) is 4.25. The Balaban J connectivity index is 1.60. The van der Waals surface area contributed by atoms with Crippen molar-refractivity contribution in [2.45, 2.75) is 18.6 Å². The van der Waals surface area contributed by atoms with Gasteiger partial charge in [0.1, 0.15) is 0 Å². The van der Waals surface area contributed by atoms with Gasteiger partial charge in [-0.2, -0.15) is 0 Å². The molecule has 1 heterocycles. The monoisotopic (exact) mass is 375 g/mol. The van der Waals surface area contributed by atoms with E-state index in [9.17, 15) is 4.79 Å². The number of benzene rings is 2. The molecule has 1 amide bonds. The highest BCUT2D eigenvalue weighted by molar-refractivity contribution is 9.10. The highest BCUT2D eigenvalue weighted by Gasteiger charge is 2.21. The minimum Gasteiger partial charge on any atom is -0.311 e. The molecule has 0 atom stereocenters. The van der Waals surface area contributed by atoms with Crippen molar-refractivity contribution in [1.29, 1.82) is 0 Å². The van der Waals surface area contributed by atoms with E-state index in [0.29, 0.717) is 5.75 Å². The molecule has 0 unspecified atom stereocenters. The molecule has 0 saturated carbocycles. The maximum Gasteiger partial charge on any atom is 0.236 e. The molecule has 0 spiro atoms. The van der Waals surface area contributed by atoms with Gasteiger partial charge in [-0.3, -0.25) is 4.79 Å². The van der Waals surface area contributed by atoms with Gasteiger partial charge in [0, 0.05) is 22.5 Å². The number of thioether (sulfide) groups is 1. The molecule has 1 aliphatic rings. The molecule has 2 aromatic carbocycles. The van der Waals surface area contributed by atoms with Crippen molar-refractivity contribution < 1.29 is 4.79 Å². The summed E-state index contributed by atoms with van der Waals surface area (Å²) in [5, 5.41) is 0. The molecule has 2 aromatic rings. The van der Waals surface area contributed by atoms with Crippen LogP contribution in [0.2, 0.25) is 0 Å². The van der Waals surface area contributed by atoms with Gasteiger partial charge in [-0.1, -0.05) is 52.3 Å². The number of para-hydroxylation sites is 1. The van der Waals surface area contributed by atoms with E-state index in [2.05, 4.69) is 40.2 Å². The van der Waals surface area contributed by atoms with Crippen LogP contribution in [0.1, 0.15) is 17.5 Å². The number of hydrogen-bond donors (Lipinski definition) is 0. The van der Waals surface area contributed by atoms with Crippen molar-refractivity contribution in [2.24, 2.45) is 0 Å². The van der Waals surface area contributed by atoms with Gasteiger partial charge in [0.15, 0.2) is 0 Å². The summed E-state index contributed by atoms with van der Waals surface area (Å²) in [7, 11) is 0. The smallest absolute Gasteiger partial charge is 0.236 e. The highest BCUT2D eigenvalue weighted by Crippen LogP contribution is 2.28. The number of amides is 1. The lowest BCUT2D eigenvalue weighted by molar-refractivity contribution is -0.116. The Morgan fingerprint density at radius 1 is 1.14 bits per heavy atom. The first-order chi connectivity index (χ1) is 10.8. The molecule has 0 aliphatic carbocycles. The summed E-state index contributed by atoms with van der Waals surface area (Å²) in [5.41, 5.74) is 3.62. The number of rotatable bonds is 4. The second-order valence-electron chi connectivity index (χ2n) is 5.36. The van der Waals surface area contributed by atoms with Crippen LogP contribution in [0.3, 0.4) is 0 Å². The fourth-order valence-electron chi connectivity index (χ4n) is 2.73. The molecule has 0 fully saturated rings. The minimum absolute atomic E-state index is 0.212. The van der Waals surface area contributed by atoms with Crippen LogP contribution in [-0.4, -0.2) is 18.2 Å². The number of fused-ring (bicyclic) bond motifs is 1. The molecule has 22 heavy (non-hydrogen) atoms. The zero-order valence-electron chi connectivity index (χ0n) is 12.3. The Kier molecular flexibility index (Phi) is 5.21.